The average Bonchev–Trinajstić information content (AvgIpc) is 1.96. The summed E-state index contributed by atoms with van der Waals surface area (Å²) in [5, 5.41) is 8.96. The molecule has 4 nitrogen and oxygen atoms in total. The van der Waals surface area contributed by atoms with Crippen LogP contribution in [0.3, 0.4) is 0 Å². The van der Waals surface area contributed by atoms with Crippen LogP contribution in [0.5, 0.6) is 5.75 Å². The lowest BCUT2D eigenvalue weighted by molar-refractivity contribution is 0.100. The monoisotopic (exact) mass is 167 g/mol. The van der Waals surface area contributed by atoms with Crippen molar-refractivity contribution in [2.75, 3.05) is 0 Å². The third-order valence-electron chi connectivity index (χ3n) is 1.58. The van der Waals surface area contributed by atoms with Crippen LogP contribution < -0.4 is 5.43 Å². The lowest BCUT2D eigenvalue weighted by atomic mass is 10.2. The summed E-state index contributed by atoms with van der Waals surface area (Å²) in [5.74, 6) is -0.544. The quantitative estimate of drug-likeness (QED) is 0.612. The first kappa shape index (κ1) is 8.52. The first-order valence-electron chi connectivity index (χ1n) is 3.43. The Labute approximate surface area is 69.1 Å². The second-order valence-corrected chi connectivity index (χ2v) is 2.58. The number of aromatic hydroxyl groups is 1. The molecule has 0 saturated heterocycles. The molecule has 0 radical (unpaired) electrons. The van der Waals surface area contributed by atoms with Gasteiger partial charge in [-0.1, -0.05) is 0 Å². The third kappa shape index (κ3) is 1.37. The van der Waals surface area contributed by atoms with Crippen molar-refractivity contribution in [2.24, 2.45) is 7.05 Å². The van der Waals surface area contributed by atoms with E-state index in [1.54, 1.807) is 7.05 Å². The predicted octanol–water partition coefficient (Wildman–Crippen LogP) is 0.293. The van der Waals surface area contributed by atoms with Gasteiger partial charge >= 0.3 is 0 Å². The number of rotatable bonds is 1. The summed E-state index contributed by atoms with van der Waals surface area (Å²) >= 11 is 0. The molecule has 0 aromatic carbocycles. The Kier molecular flexibility index (Phi) is 1.99. The molecule has 0 aliphatic rings. The Hall–Kier alpha value is -1.58. The summed E-state index contributed by atoms with van der Waals surface area (Å²) in [5.41, 5.74) is -0.240. The van der Waals surface area contributed by atoms with Crippen LogP contribution >= 0.6 is 0 Å². The standard InChI is InChI=1S/C8H9NO3/c1-5(10)6-3-7(11)8(12)4-9(6)2/h3-4,12H,1-2H3. The highest BCUT2D eigenvalue weighted by Gasteiger charge is 2.05. The normalized spacial score (nSPS) is 9.83. The van der Waals surface area contributed by atoms with Crippen molar-refractivity contribution in [2.45, 2.75) is 6.92 Å². The molecule has 4 heteroatoms. The molecule has 1 aromatic heterocycles. The Bertz CT molecular complexity index is 378. The van der Waals surface area contributed by atoms with Crippen molar-refractivity contribution in [3.8, 4) is 5.75 Å². The predicted molar refractivity (Wildman–Crippen MR) is 43.4 cm³/mol. The number of hydrogen-bond acceptors (Lipinski definition) is 3. The number of carbonyl (C=O) groups excluding carboxylic acids is 1. The van der Waals surface area contributed by atoms with Gasteiger partial charge in [0.25, 0.3) is 0 Å². The van der Waals surface area contributed by atoms with E-state index in [1.807, 2.05) is 0 Å². The first-order valence-corrected chi connectivity index (χ1v) is 3.43. The largest absolute Gasteiger partial charge is 0.503 e. The molecule has 0 unspecified atom stereocenters. The van der Waals surface area contributed by atoms with Crippen molar-refractivity contribution in [1.29, 1.82) is 0 Å². The molecular weight excluding hydrogens is 158 g/mol. The number of pyridine rings is 1. The van der Waals surface area contributed by atoms with Gasteiger partial charge in [-0.15, -0.1) is 0 Å². The van der Waals surface area contributed by atoms with Crippen LogP contribution in [-0.4, -0.2) is 15.5 Å². The molecule has 0 bridgehead atoms. The third-order valence-corrected chi connectivity index (χ3v) is 1.58. The summed E-state index contributed by atoms with van der Waals surface area (Å²) < 4.78 is 1.42. The smallest absolute Gasteiger partial charge is 0.223 e. The van der Waals surface area contributed by atoms with Gasteiger partial charge in [0, 0.05) is 20.0 Å². The van der Waals surface area contributed by atoms with Gasteiger partial charge in [0.15, 0.2) is 11.5 Å². The van der Waals surface area contributed by atoms with Crippen molar-refractivity contribution >= 4 is 5.78 Å². The van der Waals surface area contributed by atoms with Gasteiger partial charge in [0.05, 0.1) is 11.9 Å². The van der Waals surface area contributed by atoms with Crippen LogP contribution in [0.1, 0.15) is 17.4 Å². The molecule has 0 aliphatic carbocycles. The minimum absolute atomic E-state index is 0.199. The van der Waals surface area contributed by atoms with Crippen LogP contribution in [0.4, 0.5) is 0 Å². The number of ketones is 1. The van der Waals surface area contributed by atoms with Gasteiger partial charge in [-0.2, -0.15) is 0 Å². The number of aromatic nitrogens is 1. The highest BCUT2D eigenvalue weighted by atomic mass is 16.3. The summed E-state index contributed by atoms with van der Waals surface area (Å²) in [6.07, 6.45) is 1.22. The Morgan fingerprint density at radius 3 is 2.67 bits per heavy atom. The van der Waals surface area contributed by atoms with E-state index in [2.05, 4.69) is 0 Å². The minimum atomic E-state index is -0.529. The van der Waals surface area contributed by atoms with Crippen molar-refractivity contribution in [3.05, 3.63) is 28.2 Å². The molecule has 1 rings (SSSR count). The molecule has 12 heavy (non-hydrogen) atoms. The highest BCUT2D eigenvalue weighted by molar-refractivity contribution is 5.92. The topological polar surface area (TPSA) is 59.3 Å². The lowest BCUT2D eigenvalue weighted by Crippen LogP contribution is -2.12. The summed E-state index contributed by atoms with van der Waals surface area (Å²) in [4.78, 5) is 21.8. The summed E-state index contributed by atoms with van der Waals surface area (Å²) in [6.45, 7) is 1.37. The van der Waals surface area contributed by atoms with E-state index in [0.29, 0.717) is 0 Å². The molecular formula is C8H9NO3. The van der Waals surface area contributed by atoms with Gasteiger partial charge in [-0.3, -0.25) is 9.59 Å². The van der Waals surface area contributed by atoms with Gasteiger partial charge in [0.1, 0.15) is 0 Å². The van der Waals surface area contributed by atoms with Crippen LogP contribution in [0.2, 0.25) is 0 Å². The number of Topliss-reactive ketones (excluding diaryl/α,β-unsaturated/α-hetero) is 1. The molecule has 0 atom stereocenters. The van der Waals surface area contributed by atoms with Crippen LogP contribution in [0, 0.1) is 0 Å². The van der Waals surface area contributed by atoms with Crippen LogP contribution in [0.25, 0.3) is 0 Å². The van der Waals surface area contributed by atoms with Crippen LogP contribution in [-0.2, 0) is 7.05 Å². The van der Waals surface area contributed by atoms with E-state index >= 15 is 0 Å². The van der Waals surface area contributed by atoms with E-state index in [4.69, 9.17) is 5.11 Å². The molecule has 1 heterocycles. The molecule has 0 fully saturated rings. The second-order valence-electron chi connectivity index (χ2n) is 2.58. The Morgan fingerprint density at radius 1 is 1.58 bits per heavy atom. The van der Waals surface area contributed by atoms with E-state index in [-0.39, 0.29) is 17.2 Å². The second kappa shape index (κ2) is 2.81. The van der Waals surface area contributed by atoms with Gasteiger partial charge in [0.2, 0.25) is 5.43 Å². The van der Waals surface area contributed by atoms with Gasteiger partial charge in [-0.05, 0) is 0 Å². The van der Waals surface area contributed by atoms with Crippen molar-refractivity contribution in [3.63, 3.8) is 0 Å². The molecule has 1 N–H and O–H groups in total. The van der Waals surface area contributed by atoms with Crippen molar-refractivity contribution < 1.29 is 9.90 Å². The zero-order valence-electron chi connectivity index (χ0n) is 6.87. The number of carbonyl (C=O) groups is 1. The zero-order valence-corrected chi connectivity index (χ0v) is 6.87. The lowest BCUT2D eigenvalue weighted by Gasteiger charge is -2.04. The summed E-state index contributed by atoms with van der Waals surface area (Å²) in [6, 6.07) is 1.12. The maximum Gasteiger partial charge on any atom is 0.223 e. The molecule has 0 amide bonds. The van der Waals surface area contributed by atoms with E-state index < -0.39 is 5.43 Å². The number of aryl methyl sites for hydroxylation is 1. The Morgan fingerprint density at radius 2 is 2.17 bits per heavy atom. The van der Waals surface area contributed by atoms with Gasteiger partial charge in [-0.25, -0.2) is 0 Å². The van der Waals surface area contributed by atoms with Crippen LogP contribution in [0.15, 0.2) is 17.1 Å². The summed E-state index contributed by atoms with van der Waals surface area (Å²) in [7, 11) is 1.59. The molecule has 0 saturated carbocycles. The zero-order chi connectivity index (χ0) is 9.30. The average molecular weight is 167 g/mol. The molecule has 1 aromatic rings. The molecule has 0 aliphatic heterocycles. The fraction of sp³-hybridized carbons (Fsp3) is 0.250. The minimum Gasteiger partial charge on any atom is -0.503 e. The van der Waals surface area contributed by atoms with E-state index in [0.717, 1.165) is 6.07 Å². The maximum atomic E-state index is 10.9. The SMILES string of the molecule is CC(=O)c1cc(=O)c(O)cn1C. The van der Waals surface area contributed by atoms with E-state index in [9.17, 15) is 9.59 Å². The van der Waals surface area contributed by atoms with E-state index in [1.165, 1.54) is 17.7 Å². The maximum absolute atomic E-state index is 10.9. The number of hydrogen-bond donors (Lipinski definition) is 1. The fourth-order valence-electron chi connectivity index (χ4n) is 0.967. The Balaban J connectivity index is 3.43. The fourth-order valence-corrected chi connectivity index (χ4v) is 0.967. The molecule has 64 valence electrons. The number of nitrogens with zero attached hydrogens (tertiary/aromatic N) is 1. The molecule has 0 spiro atoms. The van der Waals surface area contributed by atoms with Gasteiger partial charge < -0.3 is 9.67 Å². The van der Waals surface area contributed by atoms with Crippen molar-refractivity contribution in [1.82, 2.24) is 4.57 Å². The highest BCUT2D eigenvalue weighted by Crippen LogP contribution is 2.02. The first-order chi connectivity index (χ1) is 5.52.